The molecule has 154 valence electrons. The molecular weight excluding hydrogens is 454 g/mol. The molecule has 1 aliphatic carbocycles. The molecule has 2 aromatic heterocycles. The van der Waals surface area contributed by atoms with Crippen LogP contribution in [0, 0.1) is 11.3 Å². The minimum absolute atomic E-state index is 0.00327. The van der Waals surface area contributed by atoms with Gasteiger partial charge < -0.3 is 10.8 Å². The molecule has 6 nitrogen and oxygen atoms in total. The first-order valence-electron chi connectivity index (χ1n) is 10.0. The fourth-order valence-corrected chi connectivity index (χ4v) is 4.74. The first-order valence-corrected chi connectivity index (χ1v) is 10.8. The number of nitrogens with two attached hydrogens (primary N) is 1. The molecule has 31 heavy (non-hydrogen) atoms. The summed E-state index contributed by atoms with van der Waals surface area (Å²) < 4.78 is 2.66. The normalized spacial score (nSPS) is 20.4. The predicted molar refractivity (Wildman–Crippen MR) is 124 cm³/mol. The SMILES string of the molecule is C[C@]1(O)C[C@@H](n2nc(-c3ccc4ccc(-c5ccccc5Br)nc4c3)c(C#N)c2N)C1. The lowest BCUT2D eigenvalue weighted by atomic mass is 9.77. The average Bonchev–Trinajstić information content (AvgIpc) is 3.07. The van der Waals surface area contributed by atoms with Gasteiger partial charge >= 0.3 is 0 Å². The van der Waals surface area contributed by atoms with Crippen LogP contribution in [0.4, 0.5) is 5.82 Å². The molecule has 0 spiro atoms. The largest absolute Gasteiger partial charge is 0.390 e. The molecule has 0 aliphatic heterocycles. The minimum Gasteiger partial charge on any atom is -0.390 e. The number of nitriles is 1. The molecule has 3 N–H and O–H groups in total. The molecule has 0 saturated heterocycles. The Hall–Kier alpha value is -3.21. The molecular formula is C24H20BrN5O. The van der Waals surface area contributed by atoms with E-state index in [4.69, 9.17) is 10.7 Å². The van der Waals surface area contributed by atoms with E-state index in [9.17, 15) is 10.4 Å². The van der Waals surface area contributed by atoms with Crippen LogP contribution in [0.15, 0.2) is 59.1 Å². The van der Waals surface area contributed by atoms with Crippen molar-refractivity contribution in [2.75, 3.05) is 5.73 Å². The molecule has 4 aromatic rings. The van der Waals surface area contributed by atoms with Gasteiger partial charge in [0.2, 0.25) is 0 Å². The molecule has 1 aliphatic rings. The molecule has 1 fully saturated rings. The highest BCUT2D eigenvalue weighted by atomic mass is 79.9. The molecule has 0 unspecified atom stereocenters. The second-order valence-corrected chi connectivity index (χ2v) is 9.16. The van der Waals surface area contributed by atoms with Crippen molar-refractivity contribution >= 4 is 32.7 Å². The van der Waals surface area contributed by atoms with Gasteiger partial charge in [0, 0.05) is 21.0 Å². The maximum atomic E-state index is 10.1. The molecule has 1 saturated carbocycles. The summed E-state index contributed by atoms with van der Waals surface area (Å²) in [5.74, 6) is 0.341. The molecule has 7 heteroatoms. The number of anilines is 1. The Labute approximate surface area is 188 Å². The Kier molecular flexibility index (Phi) is 4.58. The second kappa shape index (κ2) is 7.19. The number of aliphatic hydroxyl groups is 1. The molecule has 0 radical (unpaired) electrons. The van der Waals surface area contributed by atoms with Crippen LogP contribution in [0.5, 0.6) is 0 Å². The number of halogens is 1. The van der Waals surface area contributed by atoms with Gasteiger partial charge in [0.05, 0.1) is 22.9 Å². The van der Waals surface area contributed by atoms with Gasteiger partial charge in [-0.1, -0.05) is 52.3 Å². The van der Waals surface area contributed by atoms with Gasteiger partial charge in [-0.3, -0.25) is 0 Å². The van der Waals surface area contributed by atoms with Crippen molar-refractivity contribution in [3.05, 3.63) is 64.6 Å². The van der Waals surface area contributed by atoms with E-state index < -0.39 is 5.60 Å². The van der Waals surface area contributed by atoms with Crippen molar-refractivity contribution < 1.29 is 5.11 Å². The topological polar surface area (TPSA) is 101 Å². The number of rotatable bonds is 3. The maximum Gasteiger partial charge on any atom is 0.140 e. The van der Waals surface area contributed by atoms with Gasteiger partial charge in [0.25, 0.3) is 0 Å². The highest BCUT2D eigenvalue weighted by Crippen LogP contribution is 2.43. The zero-order valence-corrected chi connectivity index (χ0v) is 18.5. The summed E-state index contributed by atoms with van der Waals surface area (Å²) in [5, 5.41) is 25.5. The number of hydrogen-bond donors (Lipinski definition) is 2. The lowest BCUT2D eigenvalue weighted by molar-refractivity contribution is -0.0535. The predicted octanol–water partition coefficient (Wildman–Crippen LogP) is 5.07. The van der Waals surface area contributed by atoms with Gasteiger partial charge in [-0.15, -0.1) is 0 Å². The van der Waals surface area contributed by atoms with Gasteiger partial charge in [0.15, 0.2) is 0 Å². The summed E-state index contributed by atoms with van der Waals surface area (Å²) in [6, 6.07) is 20.1. The summed E-state index contributed by atoms with van der Waals surface area (Å²) >= 11 is 3.59. The quantitative estimate of drug-likeness (QED) is 0.432. The molecule has 5 rings (SSSR count). The Morgan fingerprint density at radius 2 is 1.94 bits per heavy atom. The lowest BCUT2D eigenvalue weighted by Gasteiger charge is -2.41. The summed E-state index contributed by atoms with van der Waals surface area (Å²) in [5.41, 5.74) is 9.93. The number of nitrogens with zero attached hydrogens (tertiary/aromatic N) is 4. The third-order valence-electron chi connectivity index (χ3n) is 5.87. The Bertz CT molecular complexity index is 1360. The van der Waals surface area contributed by atoms with Gasteiger partial charge in [0.1, 0.15) is 23.1 Å². The van der Waals surface area contributed by atoms with E-state index in [2.05, 4.69) is 27.1 Å². The van der Waals surface area contributed by atoms with Crippen LogP contribution in [0.25, 0.3) is 33.4 Å². The molecule has 2 heterocycles. The van der Waals surface area contributed by atoms with Crippen LogP contribution in [-0.2, 0) is 0 Å². The van der Waals surface area contributed by atoms with Crippen LogP contribution < -0.4 is 5.73 Å². The number of hydrogen-bond acceptors (Lipinski definition) is 5. The molecule has 0 atom stereocenters. The molecule has 0 amide bonds. The van der Waals surface area contributed by atoms with E-state index in [-0.39, 0.29) is 6.04 Å². The molecule has 0 bridgehead atoms. The van der Waals surface area contributed by atoms with Gasteiger partial charge in [-0.25, -0.2) is 9.67 Å². The number of aromatic nitrogens is 3. The van der Waals surface area contributed by atoms with Gasteiger partial charge in [-0.05, 0) is 38.0 Å². The fourth-order valence-electron chi connectivity index (χ4n) is 4.25. The van der Waals surface area contributed by atoms with Crippen LogP contribution in [0.3, 0.4) is 0 Å². The maximum absolute atomic E-state index is 10.1. The third-order valence-corrected chi connectivity index (χ3v) is 6.56. The second-order valence-electron chi connectivity index (χ2n) is 8.31. The highest BCUT2D eigenvalue weighted by molar-refractivity contribution is 9.10. The number of pyridine rings is 1. The van der Waals surface area contributed by atoms with Crippen molar-refractivity contribution in [3.63, 3.8) is 0 Å². The van der Waals surface area contributed by atoms with E-state index in [0.717, 1.165) is 32.2 Å². The van der Waals surface area contributed by atoms with Crippen molar-refractivity contribution in [3.8, 4) is 28.6 Å². The van der Waals surface area contributed by atoms with E-state index in [1.54, 1.807) is 11.6 Å². The highest BCUT2D eigenvalue weighted by Gasteiger charge is 2.41. The van der Waals surface area contributed by atoms with E-state index in [1.807, 2.05) is 54.6 Å². The van der Waals surface area contributed by atoms with Crippen molar-refractivity contribution in [2.24, 2.45) is 0 Å². The van der Waals surface area contributed by atoms with Crippen molar-refractivity contribution in [2.45, 2.75) is 31.4 Å². The summed E-state index contributed by atoms with van der Waals surface area (Å²) in [6.45, 7) is 1.80. The Balaban J connectivity index is 1.59. The fraction of sp³-hybridized carbons (Fsp3) is 0.208. The first kappa shape index (κ1) is 19.7. The monoisotopic (exact) mass is 473 g/mol. The smallest absolute Gasteiger partial charge is 0.140 e. The van der Waals surface area contributed by atoms with E-state index in [1.165, 1.54) is 0 Å². The van der Waals surface area contributed by atoms with Gasteiger partial charge in [-0.2, -0.15) is 10.4 Å². The van der Waals surface area contributed by atoms with Crippen LogP contribution in [0.1, 0.15) is 31.4 Å². The zero-order chi connectivity index (χ0) is 21.8. The average molecular weight is 474 g/mol. The van der Waals surface area contributed by atoms with Crippen LogP contribution in [0.2, 0.25) is 0 Å². The standard InChI is InChI=1S/C24H20BrN5O/c1-24(31)11-16(12-24)30-23(27)18(13-26)22(29-30)15-7-6-14-8-9-20(28-21(14)10-15)17-4-2-3-5-19(17)25/h2-10,16,31H,11-12,27H2,1H3/t16-,24+. The molecule has 2 aromatic carbocycles. The zero-order valence-electron chi connectivity index (χ0n) is 16.9. The summed E-state index contributed by atoms with van der Waals surface area (Å²) in [6.07, 6.45) is 1.13. The number of fused-ring (bicyclic) bond motifs is 1. The summed E-state index contributed by atoms with van der Waals surface area (Å²) in [7, 11) is 0. The van der Waals surface area contributed by atoms with Crippen LogP contribution in [-0.4, -0.2) is 25.5 Å². The third kappa shape index (κ3) is 3.38. The minimum atomic E-state index is -0.703. The Morgan fingerprint density at radius 3 is 2.65 bits per heavy atom. The first-order chi connectivity index (χ1) is 14.9. The van der Waals surface area contributed by atoms with Crippen molar-refractivity contribution in [1.29, 1.82) is 5.26 Å². The summed E-state index contributed by atoms with van der Waals surface area (Å²) in [4.78, 5) is 4.85. The van der Waals surface area contributed by atoms with Crippen LogP contribution >= 0.6 is 15.9 Å². The lowest BCUT2D eigenvalue weighted by Crippen LogP contribution is -2.42. The van der Waals surface area contributed by atoms with E-state index >= 15 is 0 Å². The Morgan fingerprint density at radius 1 is 1.19 bits per heavy atom. The van der Waals surface area contributed by atoms with E-state index in [0.29, 0.717) is 29.9 Å². The number of nitrogen functional groups attached to an aromatic ring is 1. The van der Waals surface area contributed by atoms with Crippen molar-refractivity contribution in [1.82, 2.24) is 14.8 Å². The number of benzene rings is 2.